The van der Waals surface area contributed by atoms with Crippen LogP contribution in [0.2, 0.25) is 0 Å². The zero-order chi connectivity index (χ0) is 23.8. The monoisotopic (exact) mass is 474 g/mol. The van der Waals surface area contributed by atoms with Gasteiger partial charge in [-0.1, -0.05) is 24.3 Å². The lowest BCUT2D eigenvalue weighted by atomic mass is 9.94. The van der Waals surface area contributed by atoms with Gasteiger partial charge in [-0.15, -0.1) is 0 Å². The fourth-order valence-electron chi connectivity index (χ4n) is 4.12. The number of ether oxygens (including phenoxy) is 1. The van der Waals surface area contributed by atoms with Crippen molar-refractivity contribution < 1.29 is 17.9 Å². The second kappa shape index (κ2) is 11.6. The molecule has 1 fully saturated rings. The maximum atomic E-state index is 13.2. The molecule has 1 aliphatic heterocycles. The summed E-state index contributed by atoms with van der Waals surface area (Å²) in [6.45, 7) is 2.98. The SMILES string of the molecule is COc1ccccc1C(NC(=O)C1CCN(CCCN(C)S(C)(=O)=O)CC1)c1ccccn1. The van der Waals surface area contributed by atoms with Crippen LogP contribution in [0.25, 0.3) is 0 Å². The molecule has 0 aliphatic carbocycles. The summed E-state index contributed by atoms with van der Waals surface area (Å²) in [6.07, 6.45) is 5.27. The number of benzene rings is 1. The molecule has 1 unspecified atom stereocenters. The van der Waals surface area contributed by atoms with E-state index in [-0.39, 0.29) is 17.9 Å². The standard InChI is InChI=1S/C24H34N4O4S/c1-27(33(3,30)31)15-8-16-28-17-12-19(13-18-28)24(29)26-23(21-10-6-7-14-25-21)20-9-4-5-11-22(20)32-2/h4-7,9-11,14,19,23H,8,12-13,15-18H2,1-3H3,(H,26,29). The Morgan fingerprint density at radius 3 is 2.55 bits per heavy atom. The summed E-state index contributed by atoms with van der Waals surface area (Å²) >= 11 is 0. The number of carbonyl (C=O) groups is 1. The average molecular weight is 475 g/mol. The molecule has 1 aliphatic rings. The fourth-order valence-corrected chi connectivity index (χ4v) is 4.59. The van der Waals surface area contributed by atoms with Crippen LogP contribution in [-0.2, 0) is 14.8 Å². The Bertz CT molecular complexity index is 1010. The molecule has 33 heavy (non-hydrogen) atoms. The van der Waals surface area contributed by atoms with Gasteiger partial charge in [0.15, 0.2) is 0 Å². The first-order valence-electron chi connectivity index (χ1n) is 11.3. The van der Waals surface area contributed by atoms with Crippen molar-refractivity contribution in [3.63, 3.8) is 0 Å². The van der Waals surface area contributed by atoms with Gasteiger partial charge in [0.2, 0.25) is 15.9 Å². The Morgan fingerprint density at radius 2 is 1.91 bits per heavy atom. The lowest BCUT2D eigenvalue weighted by Gasteiger charge is -2.32. The zero-order valence-electron chi connectivity index (χ0n) is 19.6. The van der Waals surface area contributed by atoms with Gasteiger partial charge in [-0.05, 0) is 57.1 Å². The van der Waals surface area contributed by atoms with Crippen molar-refractivity contribution >= 4 is 15.9 Å². The summed E-state index contributed by atoms with van der Waals surface area (Å²) in [5.41, 5.74) is 1.64. The van der Waals surface area contributed by atoms with E-state index in [9.17, 15) is 13.2 Å². The van der Waals surface area contributed by atoms with E-state index >= 15 is 0 Å². The Hall–Kier alpha value is -2.49. The molecule has 0 spiro atoms. The van der Waals surface area contributed by atoms with E-state index in [0.717, 1.165) is 50.2 Å². The van der Waals surface area contributed by atoms with Gasteiger partial charge in [-0.3, -0.25) is 9.78 Å². The number of amides is 1. The summed E-state index contributed by atoms with van der Waals surface area (Å²) in [6, 6.07) is 13.0. The number of hydrogen-bond donors (Lipinski definition) is 1. The number of pyridine rings is 1. The molecule has 1 N–H and O–H groups in total. The van der Waals surface area contributed by atoms with Crippen molar-refractivity contribution in [3.05, 3.63) is 59.9 Å². The largest absolute Gasteiger partial charge is 0.496 e. The number of piperidine rings is 1. The number of rotatable bonds is 10. The highest BCUT2D eigenvalue weighted by molar-refractivity contribution is 7.88. The second-order valence-corrected chi connectivity index (χ2v) is 10.6. The molecule has 1 amide bonds. The van der Waals surface area contributed by atoms with Gasteiger partial charge >= 0.3 is 0 Å². The van der Waals surface area contributed by atoms with Gasteiger partial charge < -0.3 is 15.0 Å². The molecule has 1 saturated heterocycles. The number of methoxy groups -OCH3 is 1. The second-order valence-electron chi connectivity index (χ2n) is 8.49. The van der Waals surface area contributed by atoms with E-state index in [2.05, 4.69) is 15.2 Å². The molecule has 180 valence electrons. The summed E-state index contributed by atoms with van der Waals surface area (Å²) in [4.78, 5) is 20.0. The Kier molecular flexibility index (Phi) is 8.82. The Morgan fingerprint density at radius 1 is 1.21 bits per heavy atom. The predicted molar refractivity (Wildman–Crippen MR) is 128 cm³/mol. The minimum atomic E-state index is -3.14. The average Bonchev–Trinajstić information content (AvgIpc) is 2.82. The first-order valence-corrected chi connectivity index (χ1v) is 13.1. The van der Waals surface area contributed by atoms with Gasteiger partial charge in [0.25, 0.3) is 0 Å². The molecule has 9 heteroatoms. The van der Waals surface area contributed by atoms with Crippen LogP contribution in [0.5, 0.6) is 5.75 Å². The molecule has 1 aromatic heterocycles. The van der Waals surface area contributed by atoms with E-state index in [1.54, 1.807) is 20.4 Å². The van der Waals surface area contributed by atoms with Crippen LogP contribution in [0.15, 0.2) is 48.7 Å². The number of nitrogens with zero attached hydrogens (tertiary/aromatic N) is 3. The number of likely N-dealkylation sites (tertiary alicyclic amines) is 1. The number of sulfonamides is 1. The van der Waals surface area contributed by atoms with Crippen LogP contribution in [-0.4, -0.2) is 75.1 Å². The minimum Gasteiger partial charge on any atom is -0.496 e. The summed E-state index contributed by atoms with van der Waals surface area (Å²) < 4.78 is 30.0. The van der Waals surface area contributed by atoms with Crippen molar-refractivity contribution in [1.82, 2.24) is 19.5 Å². The van der Waals surface area contributed by atoms with Crippen molar-refractivity contribution in [2.75, 3.05) is 46.6 Å². The van der Waals surface area contributed by atoms with Crippen molar-refractivity contribution in [2.24, 2.45) is 5.92 Å². The van der Waals surface area contributed by atoms with Crippen LogP contribution < -0.4 is 10.1 Å². The van der Waals surface area contributed by atoms with E-state index in [1.807, 2.05) is 42.5 Å². The molecule has 1 atom stereocenters. The Labute approximate surface area is 197 Å². The quantitative estimate of drug-likeness (QED) is 0.568. The summed E-state index contributed by atoms with van der Waals surface area (Å²) in [5.74, 6) is 0.663. The third kappa shape index (κ3) is 6.99. The number of carbonyl (C=O) groups excluding carboxylic acids is 1. The van der Waals surface area contributed by atoms with Gasteiger partial charge in [0.1, 0.15) is 5.75 Å². The third-order valence-electron chi connectivity index (χ3n) is 6.19. The molecular weight excluding hydrogens is 440 g/mol. The molecular formula is C24H34N4O4S. The maximum Gasteiger partial charge on any atom is 0.224 e. The normalized spacial score (nSPS) is 16.5. The molecule has 2 aromatic rings. The van der Waals surface area contributed by atoms with Crippen molar-refractivity contribution in [2.45, 2.75) is 25.3 Å². The molecule has 2 heterocycles. The van der Waals surface area contributed by atoms with E-state index in [0.29, 0.717) is 12.3 Å². The minimum absolute atomic E-state index is 0.0213. The highest BCUT2D eigenvalue weighted by Crippen LogP contribution is 2.30. The molecule has 8 nitrogen and oxygen atoms in total. The summed E-state index contributed by atoms with van der Waals surface area (Å²) in [5, 5.41) is 3.21. The van der Waals surface area contributed by atoms with Crippen LogP contribution in [0.3, 0.4) is 0 Å². The molecule has 0 radical (unpaired) electrons. The zero-order valence-corrected chi connectivity index (χ0v) is 20.4. The van der Waals surface area contributed by atoms with Crippen LogP contribution >= 0.6 is 0 Å². The Balaban J connectivity index is 1.59. The van der Waals surface area contributed by atoms with E-state index in [4.69, 9.17) is 4.74 Å². The summed E-state index contributed by atoms with van der Waals surface area (Å²) in [7, 11) is 0.0869. The topological polar surface area (TPSA) is 91.8 Å². The smallest absolute Gasteiger partial charge is 0.224 e. The van der Waals surface area contributed by atoms with E-state index < -0.39 is 10.0 Å². The van der Waals surface area contributed by atoms with Gasteiger partial charge in [0.05, 0.1) is 25.1 Å². The highest BCUT2D eigenvalue weighted by Gasteiger charge is 2.29. The lowest BCUT2D eigenvalue weighted by Crippen LogP contribution is -2.42. The van der Waals surface area contributed by atoms with Crippen LogP contribution in [0.4, 0.5) is 0 Å². The van der Waals surface area contributed by atoms with Crippen LogP contribution in [0, 0.1) is 5.92 Å². The van der Waals surface area contributed by atoms with Crippen LogP contribution in [0.1, 0.15) is 36.6 Å². The number of hydrogen-bond acceptors (Lipinski definition) is 6. The fraction of sp³-hybridized carbons (Fsp3) is 0.500. The molecule has 3 rings (SSSR count). The molecule has 1 aromatic carbocycles. The third-order valence-corrected chi connectivity index (χ3v) is 7.51. The first-order chi connectivity index (χ1) is 15.8. The first kappa shape index (κ1) is 25.1. The predicted octanol–water partition coefficient (Wildman–Crippen LogP) is 2.29. The van der Waals surface area contributed by atoms with Crippen molar-refractivity contribution in [3.8, 4) is 5.75 Å². The van der Waals surface area contributed by atoms with Crippen molar-refractivity contribution in [1.29, 1.82) is 0 Å². The molecule has 0 bridgehead atoms. The lowest BCUT2D eigenvalue weighted by molar-refractivity contribution is -0.127. The number of nitrogens with one attached hydrogen (secondary N) is 1. The number of para-hydroxylation sites is 1. The maximum absolute atomic E-state index is 13.2. The highest BCUT2D eigenvalue weighted by atomic mass is 32.2. The van der Waals surface area contributed by atoms with Gasteiger partial charge in [-0.2, -0.15) is 0 Å². The van der Waals surface area contributed by atoms with E-state index in [1.165, 1.54) is 10.6 Å². The number of aromatic nitrogens is 1. The van der Waals surface area contributed by atoms with Gasteiger partial charge in [-0.25, -0.2) is 12.7 Å². The molecule has 0 saturated carbocycles. The van der Waals surface area contributed by atoms with Gasteiger partial charge in [0, 0.05) is 31.3 Å².